The van der Waals surface area contributed by atoms with Gasteiger partial charge in [0.25, 0.3) is 5.89 Å². The lowest BCUT2D eigenvalue weighted by molar-refractivity contribution is -0.115. The van der Waals surface area contributed by atoms with Crippen molar-refractivity contribution in [3.63, 3.8) is 0 Å². The van der Waals surface area contributed by atoms with Gasteiger partial charge in [0, 0.05) is 5.69 Å². The first-order valence-electron chi connectivity index (χ1n) is 6.96. The van der Waals surface area contributed by atoms with Crippen LogP contribution in [-0.4, -0.2) is 16.1 Å². The van der Waals surface area contributed by atoms with Crippen molar-refractivity contribution in [1.82, 2.24) is 10.2 Å². The number of carbonyl (C=O) groups excluding carboxylic acids is 1. The first-order chi connectivity index (χ1) is 11.0. The van der Waals surface area contributed by atoms with Gasteiger partial charge in [-0.25, -0.2) is 4.39 Å². The van der Waals surface area contributed by atoms with E-state index in [1.807, 2.05) is 18.4 Å². The monoisotopic (exact) mass is 331 g/mol. The Morgan fingerprint density at radius 2 is 2.09 bits per heavy atom. The van der Waals surface area contributed by atoms with Crippen molar-refractivity contribution in [3.05, 3.63) is 52.5 Å². The Morgan fingerprint density at radius 3 is 2.78 bits per heavy atom. The van der Waals surface area contributed by atoms with Gasteiger partial charge in [-0.15, -0.1) is 21.5 Å². The summed E-state index contributed by atoms with van der Waals surface area (Å²) in [5.74, 6) is -0.0815. The number of amides is 1. The lowest BCUT2D eigenvalue weighted by Crippen LogP contribution is -2.14. The molecule has 0 aliphatic rings. The van der Waals surface area contributed by atoms with Crippen molar-refractivity contribution in [2.45, 2.75) is 20.3 Å². The molecule has 23 heavy (non-hydrogen) atoms. The number of thiophene rings is 1. The van der Waals surface area contributed by atoms with Crippen molar-refractivity contribution in [1.29, 1.82) is 0 Å². The first-order valence-corrected chi connectivity index (χ1v) is 7.84. The van der Waals surface area contributed by atoms with Gasteiger partial charge in [-0.05, 0) is 48.6 Å². The van der Waals surface area contributed by atoms with Gasteiger partial charge in [-0.2, -0.15) is 0 Å². The largest absolute Gasteiger partial charge is 0.419 e. The standard InChI is InChI=1S/C16H14FN3O2S/c1-9-3-4-11(7-12(9)17)18-13(21)8-14-19-20-16(22-14)15-10(2)5-6-23-15/h3-7H,8H2,1-2H3,(H,18,21). The maximum Gasteiger partial charge on any atom is 0.258 e. The van der Waals surface area contributed by atoms with Gasteiger partial charge in [0.05, 0.1) is 4.88 Å². The second kappa shape index (κ2) is 6.29. The number of hydrogen-bond acceptors (Lipinski definition) is 5. The fourth-order valence-corrected chi connectivity index (χ4v) is 2.87. The molecule has 0 saturated heterocycles. The second-order valence-electron chi connectivity index (χ2n) is 5.12. The van der Waals surface area contributed by atoms with Crippen LogP contribution in [0.3, 0.4) is 0 Å². The van der Waals surface area contributed by atoms with E-state index >= 15 is 0 Å². The van der Waals surface area contributed by atoms with Gasteiger partial charge in [-0.1, -0.05) is 6.07 Å². The summed E-state index contributed by atoms with van der Waals surface area (Å²) in [7, 11) is 0. The average molecular weight is 331 g/mol. The Balaban J connectivity index is 1.67. The molecule has 0 unspecified atom stereocenters. The third-order valence-electron chi connectivity index (χ3n) is 3.29. The number of carbonyl (C=O) groups is 1. The summed E-state index contributed by atoms with van der Waals surface area (Å²) in [6.07, 6.45) is -0.0626. The number of aromatic nitrogens is 2. The summed E-state index contributed by atoms with van der Waals surface area (Å²) < 4.78 is 19.0. The van der Waals surface area contributed by atoms with Crippen LogP contribution < -0.4 is 5.32 Å². The van der Waals surface area contributed by atoms with E-state index in [4.69, 9.17) is 4.42 Å². The Labute approximate surface area is 136 Å². The minimum absolute atomic E-state index is 0.0626. The highest BCUT2D eigenvalue weighted by Gasteiger charge is 2.15. The van der Waals surface area contributed by atoms with Crippen LogP contribution in [0.5, 0.6) is 0 Å². The Kier molecular flexibility index (Phi) is 4.20. The molecule has 1 aromatic carbocycles. The molecule has 0 aliphatic heterocycles. The maximum atomic E-state index is 13.5. The molecule has 0 radical (unpaired) electrons. The number of nitrogens with zero attached hydrogens (tertiary/aromatic N) is 2. The number of rotatable bonds is 4. The quantitative estimate of drug-likeness (QED) is 0.791. The van der Waals surface area contributed by atoms with Gasteiger partial charge in [0.15, 0.2) is 0 Å². The zero-order valence-electron chi connectivity index (χ0n) is 12.6. The number of halogens is 1. The lowest BCUT2D eigenvalue weighted by atomic mass is 10.2. The van der Waals surface area contributed by atoms with Gasteiger partial charge in [-0.3, -0.25) is 4.79 Å². The smallest absolute Gasteiger partial charge is 0.258 e. The molecule has 2 aromatic heterocycles. The normalized spacial score (nSPS) is 10.7. The molecule has 0 atom stereocenters. The topological polar surface area (TPSA) is 68.0 Å². The summed E-state index contributed by atoms with van der Waals surface area (Å²) in [6, 6.07) is 6.49. The molecule has 7 heteroatoms. The molecular formula is C16H14FN3O2S. The third kappa shape index (κ3) is 3.45. The summed E-state index contributed by atoms with van der Waals surface area (Å²) >= 11 is 1.50. The number of aryl methyl sites for hydroxylation is 2. The van der Waals surface area contributed by atoms with E-state index in [9.17, 15) is 9.18 Å². The van der Waals surface area contributed by atoms with E-state index in [-0.39, 0.29) is 24.0 Å². The molecule has 0 saturated carbocycles. The molecule has 0 fully saturated rings. The van der Waals surface area contributed by atoms with E-state index in [2.05, 4.69) is 15.5 Å². The highest BCUT2D eigenvalue weighted by Crippen LogP contribution is 2.27. The van der Waals surface area contributed by atoms with E-state index in [1.165, 1.54) is 17.4 Å². The van der Waals surface area contributed by atoms with Gasteiger partial charge in [0.2, 0.25) is 11.8 Å². The lowest BCUT2D eigenvalue weighted by Gasteiger charge is -2.04. The van der Waals surface area contributed by atoms with Crippen molar-refractivity contribution in [2.24, 2.45) is 0 Å². The molecule has 3 aromatic rings. The molecule has 0 aliphatic carbocycles. The van der Waals surface area contributed by atoms with Crippen LogP contribution in [0.25, 0.3) is 10.8 Å². The van der Waals surface area contributed by atoms with E-state index in [0.717, 1.165) is 10.4 Å². The van der Waals surface area contributed by atoms with Gasteiger partial charge >= 0.3 is 0 Å². The highest BCUT2D eigenvalue weighted by molar-refractivity contribution is 7.13. The minimum atomic E-state index is -0.365. The molecule has 0 bridgehead atoms. The zero-order chi connectivity index (χ0) is 16.4. The minimum Gasteiger partial charge on any atom is -0.419 e. The van der Waals surface area contributed by atoms with Gasteiger partial charge in [0.1, 0.15) is 12.2 Å². The van der Waals surface area contributed by atoms with Crippen molar-refractivity contribution in [3.8, 4) is 10.8 Å². The molecule has 1 amide bonds. The Bertz CT molecular complexity index is 857. The number of hydrogen-bond donors (Lipinski definition) is 1. The maximum absolute atomic E-state index is 13.5. The van der Waals surface area contributed by atoms with Gasteiger partial charge < -0.3 is 9.73 Å². The summed E-state index contributed by atoms with van der Waals surface area (Å²) in [6.45, 7) is 3.61. The predicted octanol–water partition coefficient (Wildman–Crippen LogP) is 3.74. The fraction of sp³-hybridized carbons (Fsp3) is 0.188. The Hall–Kier alpha value is -2.54. The van der Waals surface area contributed by atoms with Crippen LogP contribution in [0.4, 0.5) is 10.1 Å². The summed E-state index contributed by atoms with van der Waals surface area (Å²) in [4.78, 5) is 12.9. The van der Waals surface area contributed by atoms with Crippen LogP contribution in [-0.2, 0) is 11.2 Å². The number of benzene rings is 1. The average Bonchev–Trinajstić information content (AvgIpc) is 3.11. The molecule has 118 valence electrons. The highest BCUT2D eigenvalue weighted by atomic mass is 32.1. The second-order valence-corrected chi connectivity index (χ2v) is 6.04. The van der Waals surface area contributed by atoms with E-state index in [1.54, 1.807) is 19.1 Å². The SMILES string of the molecule is Cc1ccc(NC(=O)Cc2nnc(-c3sccc3C)o2)cc1F. The van der Waals surface area contributed by atoms with Crippen molar-refractivity contribution < 1.29 is 13.6 Å². The van der Waals surface area contributed by atoms with Crippen LogP contribution in [0, 0.1) is 19.7 Å². The third-order valence-corrected chi connectivity index (χ3v) is 4.30. The molecule has 5 nitrogen and oxygen atoms in total. The van der Waals surface area contributed by atoms with Crippen LogP contribution in [0.2, 0.25) is 0 Å². The number of nitrogens with one attached hydrogen (secondary N) is 1. The predicted molar refractivity (Wildman–Crippen MR) is 85.8 cm³/mol. The summed E-state index contributed by atoms with van der Waals surface area (Å²) in [5.41, 5.74) is 1.97. The van der Waals surface area contributed by atoms with Crippen molar-refractivity contribution >= 4 is 22.9 Å². The number of anilines is 1. The molecule has 2 heterocycles. The summed E-state index contributed by atoms with van der Waals surface area (Å²) in [5, 5.41) is 12.4. The zero-order valence-corrected chi connectivity index (χ0v) is 13.4. The van der Waals surface area contributed by atoms with Crippen LogP contribution in [0.1, 0.15) is 17.0 Å². The Morgan fingerprint density at radius 1 is 1.26 bits per heavy atom. The fourth-order valence-electron chi connectivity index (χ4n) is 2.02. The first kappa shape index (κ1) is 15.4. The van der Waals surface area contributed by atoms with E-state index < -0.39 is 0 Å². The molecule has 1 N–H and O–H groups in total. The molecule has 0 spiro atoms. The molecular weight excluding hydrogens is 317 g/mol. The van der Waals surface area contributed by atoms with E-state index in [0.29, 0.717) is 17.1 Å². The molecule has 3 rings (SSSR count). The van der Waals surface area contributed by atoms with Crippen molar-refractivity contribution in [2.75, 3.05) is 5.32 Å². The van der Waals surface area contributed by atoms with Crippen LogP contribution >= 0.6 is 11.3 Å². The van der Waals surface area contributed by atoms with Crippen LogP contribution in [0.15, 0.2) is 34.1 Å².